The van der Waals surface area contributed by atoms with Gasteiger partial charge in [-0.05, 0) is 25.5 Å². The van der Waals surface area contributed by atoms with Crippen LogP contribution in [0.5, 0.6) is 0 Å². The zero-order chi connectivity index (χ0) is 12.6. The van der Waals surface area contributed by atoms with Gasteiger partial charge in [-0.25, -0.2) is 0 Å². The van der Waals surface area contributed by atoms with E-state index in [4.69, 9.17) is 5.11 Å². The van der Waals surface area contributed by atoms with Crippen LogP contribution in [-0.2, 0) is 16.4 Å². The van der Waals surface area contributed by atoms with Crippen molar-refractivity contribution in [3.63, 3.8) is 0 Å². The predicted molar refractivity (Wildman–Crippen MR) is 49.9 cm³/mol. The van der Waals surface area contributed by atoms with Gasteiger partial charge >= 0.3 is 12.1 Å². The number of aliphatic carboxylic acids is 1. The van der Waals surface area contributed by atoms with Crippen LogP contribution in [0.25, 0.3) is 0 Å². The van der Waals surface area contributed by atoms with Crippen LogP contribution in [0.15, 0.2) is 18.5 Å². The molecule has 1 rings (SSSR count). The SMILES string of the molecule is CC(C)(C(=O)O)c1cnccc1C(F)(F)F. The number of carbonyl (C=O) groups is 1. The average Bonchev–Trinajstić information content (AvgIpc) is 2.16. The molecule has 0 spiro atoms. The lowest BCUT2D eigenvalue weighted by atomic mass is 9.83. The van der Waals surface area contributed by atoms with Gasteiger partial charge in [0.15, 0.2) is 0 Å². The van der Waals surface area contributed by atoms with E-state index in [2.05, 4.69) is 4.98 Å². The fourth-order valence-corrected chi connectivity index (χ4v) is 1.25. The Hall–Kier alpha value is -1.59. The van der Waals surface area contributed by atoms with Gasteiger partial charge in [0.1, 0.15) is 0 Å². The topological polar surface area (TPSA) is 50.2 Å². The van der Waals surface area contributed by atoms with E-state index in [0.717, 1.165) is 18.5 Å². The first kappa shape index (κ1) is 12.5. The normalized spacial score (nSPS) is 12.6. The maximum absolute atomic E-state index is 12.6. The molecule has 0 amide bonds. The number of hydrogen-bond acceptors (Lipinski definition) is 2. The molecule has 3 nitrogen and oxygen atoms in total. The van der Waals surface area contributed by atoms with Crippen molar-refractivity contribution in [3.8, 4) is 0 Å². The third-order valence-electron chi connectivity index (χ3n) is 2.33. The van der Waals surface area contributed by atoms with Crippen molar-refractivity contribution in [2.24, 2.45) is 0 Å². The van der Waals surface area contributed by atoms with Gasteiger partial charge < -0.3 is 5.11 Å². The van der Waals surface area contributed by atoms with E-state index in [1.54, 1.807) is 0 Å². The molecule has 6 heteroatoms. The first-order chi connectivity index (χ1) is 7.17. The molecule has 0 saturated heterocycles. The lowest BCUT2D eigenvalue weighted by Crippen LogP contribution is -2.31. The largest absolute Gasteiger partial charge is 0.481 e. The summed E-state index contributed by atoms with van der Waals surface area (Å²) < 4.78 is 37.9. The van der Waals surface area contributed by atoms with Gasteiger partial charge in [-0.3, -0.25) is 9.78 Å². The number of halogens is 3. The third-order valence-corrected chi connectivity index (χ3v) is 2.33. The van der Waals surface area contributed by atoms with E-state index < -0.39 is 23.1 Å². The highest BCUT2D eigenvalue weighted by atomic mass is 19.4. The summed E-state index contributed by atoms with van der Waals surface area (Å²) in [6.07, 6.45) is -2.65. The number of alkyl halides is 3. The monoisotopic (exact) mass is 233 g/mol. The van der Waals surface area contributed by atoms with Crippen LogP contribution in [0.2, 0.25) is 0 Å². The third kappa shape index (κ3) is 2.15. The minimum Gasteiger partial charge on any atom is -0.481 e. The van der Waals surface area contributed by atoms with Crippen molar-refractivity contribution in [2.45, 2.75) is 25.4 Å². The smallest absolute Gasteiger partial charge is 0.416 e. The van der Waals surface area contributed by atoms with E-state index in [1.165, 1.54) is 13.8 Å². The zero-order valence-electron chi connectivity index (χ0n) is 8.67. The Balaban J connectivity index is 3.41. The number of hydrogen-bond donors (Lipinski definition) is 1. The molecule has 0 saturated carbocycles. The zero-order valence-corrected chi connectivity index (χ0v) is 8.67. The van der Waals surface area contributed by atoms with E-state index in [0.29, 0.717) is 0 Å². The van der Waals surface area contributed by atoms with Gasteiger partial charge in [0.2, 0.25) is 0 Å². The standard InChI is InChI=1S/C10H10F3NO2/c1-9(2,8(15)16)7-5-14-4-3-6(7)10(11,12)13/h3-5H,1-2H3,(H,15,16). The molecule has 0 fully saturated rings. The number of carboxylic acids is 1. The van der Waals surface area contributed by atoms with E-state index in [1.807, 2.05) is 0 Å². The molecular formula is C10H10F3NO2. The highest BCUT2D eigenvalue weighted by molar-refractivity contribution is 5.80. The predicted octanol–water partition coefficient (Wildman–Crippen LogP) is 2.46. The van der Waals surface area contributed by atoms with E-state index >= 15 is 0 Å². The second kappa shape index (κ2) is 3.77. The molecule has 1 aromatic heterocycles. The summed E-state index contributed by atoms with van der Waals surface area (Å²) in [4.78, 5) is 14.4. The Morgan fingerprint density at radius 1 is 1.31 bits per heavy atom. The highest BCUT2D eigenvalue weighted by Gasteiger charge is 2.40. The highest BCUT2D eigenvalue weighted by Crippen LogP contribution is 2.36. The van der Waals surface area contributed by atoms with Crippen LogP contribution >= 0.6 is 0 Å². The number of nitrogens with zero attached hydrogens (tertiary/aromatic N) is 1. The average molecular weight is 233 g/mol. The van der Waals surface area contributed by atoms with Crippen molar-refractivity contribution in [1.82, 2.24) is 4.98 Å². The van der Waals surface area contributed by atoms with Gasteiger partial charge in [-0.15, -0.1) is 0 Å². The van der Waals surface area contributed by atoms with Crippen LogP contribution in [-0.4, -0.2) is 16.1 Å². The molecule has 0 bridgehead atoms. The van der Waals surface area contributed by atoms with Crippen molar-refractivity contribution >= 4 is 5.97 Å². The van der Waals surface area contributed by atoms with E-state index in [-0.39, 0.29) is 5.56 Å². The molecule has 0 radical (unpaired) electrons. The number of pyridine rings is 1. The number of aromatic nitrogens is 1. The number of rotatable bonds is 2. The molecule has 0 aliphatic heterocycles. The molecule has 88 valence electrons. The minimum atomic E-state index is -4.58. The summed E-state index contributed by atoms with van der Waals surface area (Å²) in [6.45, 7) is 2.42. The molecule has 0 aromatic carbocycles. The Morgan fingerprint density at radius 2 is 1.88 bits per heavy atom. The van der Waals surface area contributed by atoms with Crippen LogP contribution < -0.4 is 0 Å². The molecule has 0 aliphatic rings. The van der Waals surface area contributed by atoms with Gasteiger partial charge in [0.25, 0.3) is 0 Å². The van der Waals surface area contributed by atoms with Crippen molar-refractivity contribution < 1.29 is 23.1 Å². The van der Waals surface area contributed by atoms with Gasteiger partial charge in [0.05, 0.1) is 11.0 Å². The van der Waals surface area contributed by atoms with Crippen molar-refractivity contribution in [3.05, 3.63) is 29.6 Å². The maximum Gasteiger partial charge on any atom is 0.416 e. The summed E-state index contributed by atoms with van der Waals surface area (Å²) in [6, 6.07) is 0.778. The lowest BCUT2D eigenvalue weighted by molar-refractivity contribution is -0.144. The van der Waals surface area contributed by atoms with Crippen LogP contribution in [0.3, 0.4) is 0 Å². The quantitative estimate of drug-likeness (QED) is 0.853. The Bertz CT molecular complexity index is 413. The molecule has 1 aromatic rings. The summed E-state index contributed by atoms with van der Waals surface area (Å²) >= 11 is 0. The van der Waals surface area contributed by atoms with Crippen molar-refractivity contribution in [1.29, 1.82) is 0 Å². The van der Waals surface area contributed by atoms with Gasteiger partial charge in [-0.2, -0.15) is 13.2 Å². The molecule has 0 aliphatic carbocycles. The fraction of sp³-hybridized carbons (Fsp3) is 0.400. The second-order valence-corrected chi connectivity index (χ2v) is 3.85. The summed E-state index contributed by atoms with van der Waals surface area (Å²) in [7, 11) is 0. The van der Waals surface area contributed by atoms with Crippen molar-refractivity contribution in [2.75, 3.05) is 0 Å². The Labute approximate surface area is 89.9 Å². The molecule has 0 atom stereocenters. The minimum absolute atomic E-state index is 0.338. The lowest BCUT2D eigenvalue weighted by Gasteiger charge is -2.23. The summed E-state index contributed by atoms with van der Waals surface area (Å²) in [5.74, 6) is -1.33. The number of carboxylic acid groups (broad SMARTS) is 1. The second-order valence-electron chi connectivity index (χ2n) is 3.85. The first-order valence-corrected chi connectivity index (χ1v) is 4.42. The Kier molecular flexibility index (Phi) is 2.94. The van der Waals surface area contributed by atoms with Crippen LogP contribution in [0.4, 0.5) is 13.2 Å². The van der Waals surface area contributed by atoms with Crippen LogP contribution in [0.1, 0.15) is 25.0 Å². The van der Waals surface area contributed by atoms with Gasteiger partial charge in [-0.1, -0.05) is 0 Å². The first-order valence-electron chi connectivity index (χ1n) is 4.42. The summed E-state index contributed by atoms with van der Waals surface area (Å²) in [5, 5.41) is 8.89. The molecule has 1 heterocycles. The van der Waals surface area contributed by atoms with Crippen LogP contribution in [0, 0.1) is 0 Å². The molecule has 0 unspecified atom stereocenters. The van der Waals surface area contributed by atoms with Gasteiger partial charge in [0, 0.05) is 12.4 Å². The van der Waals surface area contributed by atoms with E-state index in [9.17, 15) is 18.0 Å². The molecule has 16 heavy (non-hydrogen) atoms. The fourth-order valence-electron chi connectivity index (χ4n) is 1.25. The maximum atomic E-state index is 12.6. The molecular weight excluding hydrogens is 223 g/mol. The molecule has 1 N–H and O–H groups in total. The summed E-state index contributed by atoms with van der Waals surface area (Å²) in [5.41, 5.74) is -2.93. The Morgan fingerprint density at radius 3 is 2.31 bits per heavy atom.